The number of hydrogen-bond acceptors (Lipinski definition) is 4. The number of rotatable bonds is 6. The van der Waals surface area contributed by atoms with Crippen molar-refractivity contribution in [3.8, 4) is 5.75 Å². The average Bonchev–Trinajstić information content (AvgIpc) is 3.01. The summed E-state index contributed by atoms with van der Waals surface area (Å²) < 4.78 is 18.7. The summed E-state index contributed by atoms with van der Waals surface area (Å²) in [6.45, 7) is 0.525. The molecule has 1 aliphatic heterocycles. The number of halogens is 1. The molecule has 1 atom stereocenters. The number of hydrogen-bond donors (Lipinski definition) is 1. The van der Waals surface area contributed by atoms with Crippen molar-refractivity contribution in [2.24, 2.45) is 0 Å². The van der Waals surface area contributed by atoms with E-state index in [1.54, 1.807) is 66.6 Å². The van der Waals surface area contributed by atoms with Crippen LogP contribution in [-0.4, -0.2) is 23.1 Å². The van der Waals surface area contributed by atoms with E-state index in [1.807, 2.05) is 36.4 Å². The predicted molar refractivity (Wildman–Crippen MR) is 144 cm³/mol. The quantitative estimate of drug-likeness (QED) is 0.352. The Morgan fingerprint density at radius 2 is 1.70 bits per heavy atom. The highest BCUT2D eigenvalue weighted by Gasteiger charge is 2.31. The van der Waals surface area contributed by atoms with Gasteiger partial charge in [0.25, 0.3) is 11.8 Å². The lowest BCUT2D eigenvalue weighted by atomic mass is 10.1. The van der Waals surface area contributed by atoms with Gasteiger partial charge in [0.15, 0.2) is 0 Å². The van der Waals surface area contributed by atoms with Crippen molar-refractivity contribution in [3.63, 3.8) is 0 Å². The van der Waals surface area contributed by atoms with Crippen LogP contribution in [0, 0.1) is 0 Å². The van der Waals surface area contributed by atoms with Gasteiger partial charge in [-0.05, 0) is 65.7 Å². The van der Waals surface area contributed by atoms with Gasteiger partial charge in [-0.1, -0.05) is 48.0 Å². The minimum Gasteiger partial charge on any atom is -0.497 e. The Kier molecular flexibility index (Phi) is 7.08. The number of fused-ring (bicyclic) bond motifs is 2. The molecule has 4 aromatic rings. The van der Waals surface area contributed by atoms with Gasteiger partial charge in [-0.25, -0.2) is 4.21 Å². The molecule has 37 heavy (non-hydrogen) atoms. The predicted octanol–water partition coefficient (Wildman–Crippen LogP) is 5.61. The zero-order valence-corrected chi connectivity index (χ0v) is 21.5. The summed E-state index contributed by atoms with van der Waals surface area (Å²) in [5.74, 6) is 0.138. The molecule has 0 saturated carbocycles. The maximum atomic E-state index is 13.7. The zero-order valence-electron chi connectivity index (χ0n) is 19.9. The second-order valence-electron chi connectivity index (χ2n) is 8.50. The van der Waals surface area contributed by atoms with Crippen LogP contribution < -0.4 is 15.0 Å². The first-order chi connectivity index (χ1) is 17.9. The van der Waals surface area contributed by atoms with Crippen LogP contribution in [-0.2, 0) is 23.9 Å². The summed E-state index contributed by atoms with van der Waals surface area (Å²) in [4.78, 5) is 29.3. The fourth-order valence-electron chi connectivity index (χ4n) is 4.21. The Hall–Kier alpha value is -3.94. The van der Waals surface area contributed by atoms with Gasteiger partial charge >= 0.3 is 0 Å². The van der Waals surface area contributed by atoms with Crippen LogP contribution in [0.5, 0.6) is 5.75 Å². The lowest BCUT2D eigenvalue weighted by Crippen LogP contribution is -2.31. The number of anilines is 1. The number of carbonyl (C=O) groups excluding carboxylic acids is 2. The van der Waals surface area contributed by atoms with Gasteiger partial charge in [-0.3, -0.25) is 9.59 Å². The molecule has 0 aromatic heterocycles. The molecular weight excluding hydrogens is 508 g/mol. The number of ether oxygens (including phenoxy) is 1. The van der Waals surface area contributed by atoms with Crippen molar-refractivity contribution < 1.29 is 18.5 Å². The molecule has 6 nitrogen and oxygen atoms in total. The van der Waals surface area contributed by atoms with E-state index < -0.39 is 10.8 Å². The average molecular weight is 531 g/mol. The standard InChI is InChI=1S/C29H23ClN2O4S/c1-36-23-12-9-19(10-13-23)17-31-28(33)21-11-14-27-25(16-21)32(18-20-5-4-6-22(30)15-20)29(34)24-7-2-3-8-26(24)37(27)35/h2-16H,17-18H2,1H3,(H,31,33)/t37-/m1/s1. The third-order valence-corrected chi connectivity index (χ3v) is 7.85. The molecule has 0 bridgehead atoms. The molecule has 2 amide bonds. The molecule has 0 saturated heterocycles. The Bertz CT molecular complexity index is 1520. The highest BCUT2D eigenvalue weighted by atomic mass is 35.5. The van der Waals surface area contributed by atoms with Gasteiger partial charge < -0.3 is 15.0 Å². The van der Waals surface area contributed by atoms with Crippen molar-refractivity contribution in [2.75, 3.05) is 12.0 Å². The molecule has 0 aliphatic carbocycles. The summed E-state index contributed by atoms with van der Waals surface area (Å²) in [5.41, 5.74) is 2.88. The number of amides is 2. The van der Waals surface area contributed by atoms with Crippen LogP contribution in [0.15, 0.2) is 101 Å². The third-order valence-electron chi connectivity index (χ3n) is 6.12. The third kappa shape index (κ3) is 5.14. The molecule has 0 spiro atoms. The molecule has 4 aromatic carbocycles. The maximum Gasteiger partial charge on any atom is 0.259 e. The summed E-state index contributed by atoms with van der Waals surface area (Å²) in [6, 6.07) is 26.5. The van der Waals surface area contributed by atoms with E-state index in [2.05, 4.69) is 5.32 Å². The molecule has 1 heterocycles. The summed E-state index contributed by atoms with van der Waals surface area (Å²) in [7, 11) is -0.00328. The molecule has 1 N–H and O–H groups in total. The van der Waals surface area contributed by atoms with Crippen LogP contribution >= 0.6 is 11.6 Å². The number of nitrogens with zero attached hydrogens (tertiary/aromatic N) is 1. The van der Waals surface area contributed by atoms with Gasteiger partial charge in [0.2, 0.25) is 0 Å². The van der Waals surface area contributed by atoms with E-state index in [1.165, 1.54) is 0 Å². The molecule has 1 aliphatic rings. The molecule has 0 unspecified atom stereocenters. The smallest absolute Gasteiger partial charge is 0.259 e. The van der Waals surface area contributed by atoms with Crippen molar-refractivity contribution in [1.82, 2.24) is 5.32 Å². The lowest BCUT2D eigenvalue weighted by Gasteiger charge is -2.24. The van der Waals surface area contributed by atoms with E-state index in [0.717, 1.165) is 16.9 Å². The summed E-state index contributed by atoms with van der Waals surface area (Å²) >= 11 is 6.19. The number of carbonyl (C=O) groups is 2. The fraction of sp³-hybridized carbons (Fsp3) is 0.103. The zero-order chi connectivity index (χ0) is 25.9. The maximum absolute atomic E-state index is 13.7. The van der Waals surface area contributed by atoms with E-state index in [0.29, 0.717) is 38.2 Å². The number of nitrogens with one attached hydrogen (secondary N) is 1. The van der Waals surface area contributed by atoms with Crippen molar-refractivity contribution >= 4 is 39.9 Å². The summed E-state index contributed by atoms with van der Waals surface area (Å²) in [6.07, 6.45) is 0. The SMILES string of the molecule is COc1ccc(CNC(=O)c2ccc3c(c2)N(Cc2cccc(Cl)c2)C(=O)c2ccccc2[S@]3=O)cc1. The van der Waals surface area contributed by atoms with Gasteiger partial charge in [-0.2, -0.15) is 0 Å². The Morgan fingerprint density at radius 1 is 0.919 bits per heavy atom. The van der Waals surface area contributed by atoms with Crippen LogP contribution in [0.1, 0.15) is 31.8 Å². The Morgan fingerprint density at radius 3 is 2.46 bits per heavy atom. The van der Waals surface area contributed by atoms with Crippen LogP contribution in [0.3, 0.4) is 0 Å². The summed E-state index contributed by atoms with van der Waals surface area (Å²) in [5, 5.41) is 3.46. The largest absolute Gasteiger partial charge is 0.497 e. The van der Waals surface area contributed by atoms with Gasteiger partial charge in [0.05, 0.1) is 45.5 Å². The topological polar surface area (TPSA) is 75.7 Å². The molecule has 8 heteroatoms. The normalized spacial score (nSPS) is 14.4. The van der Waals surface area contributed by atoms with E-state index in [9.17, 15) is 13.8 Å². The molecular formula is C29H23ClN2O4S. The lowest BCUT2D eigenvalue weighted by molar-refractivity contribution is 0.0947. The van der Waals surface area contributed by atoms with Crippen LogP contribution in [0.25, 0.3) is 0 Å². The monoisotopic (exact) mass is 530 g/mol. The first-order valence-electron chi connectivity index (χ1n) is 11.6. The second kappa shape index (κ2) is 10.6. The van der Waals surface area contributed by atoms with E-state index in [-0.39, 0.29) is 18.4 Å². The van der Waals surface area contributed by atoms with E-state index >= 15 is 0 Å². The number of methoxy groups -OCH3 is 1. The minimum absolute atomic E-state index is 0.203. The first-order valence-corrected chi connectivity index (χ1v) is 13.1. The van der Waals surface area contributed by atoms with Crippen LogP contribution in [0.4, 0.5) is 5.69 Å². The van der Waals surface area contributed by atoms with Crippen LogP contribution in [0.2, 0.25) is 5.02 Å². The Labute approximate surface area is 222 Å². The minimum atomic E-state index is -1.60. The fourth-order valence-corrected chi connectivity index (χ4v) is 5.77. The van der Waals surface area contributed by atoms with E-state index in [4.69, 9.17) is 16.3 Å². The molecule has 0 fully saturated rings. The second-order valence-corrected chi connectivity index (χ2v) is 10.4. The molecule has 5 rings (SSSR count). The van der Waals surface area contributed by atoms with Gasteiger partial charge in [0.1, 0.15) is 5.75 Å². The highest BCUT2D eigenvalue weighted by Crippen LogP contribution is 2.36. The molecule has 186 valence electrons. The van der Waals surface area contributed by atoms with Crippen molar-refractivity contribution in [3.05, 3.63) is 118 Å². The van der Waals surface area contributed by atoms with Gasteiger partial charge in [0, 0.05) is 17.1 Å². The molecule has 0 radical (unpaired) electrons. The van der Waals surface area contributed by atoms with Crippen molar-refractivity contribution in [2.45, 2.75) is 22.9 Å². The highest BCUT2D eigenvalue weighted by molar-refractivity contribution is 7.85. The van der Waals surface area contributed by atoms with Gasteiger partial charge in [-0.15, -0.1) is 0 Å². The van der Waals surface area contributed by atoms with Crippen molar-refractivity contribution in [1.29, 1.82) is 0 Å². The number of benzene rings is 4. The Balaban J connectivity index is 1.50. The first kappa shape index (κ1) is 24.7.